The number of carbonyl (C=O) groups excluding carboxylic acids is 2. The van der Waals surface area contributed by atoms with E-state index in [-0.39, 0.29) is 31.3 Å². The molecule has 2 aromatic carbocycles. The number of anilines is 1. The molecule has 2 amide bonds. The molecule has 3 heterocycles. The van der Waals surface area contributed by atoms with Crippen LogP contribution in [0.2, 0.25) is 0 Å². The Morgan fingerprint density at radius 3 is 2.47 bits per heavy atom. The molecule has 3 aliphatic rings. The van der Waals surface area contributed by atoms with Gasteiger partial charge in [0.2, 0.25) is 6.79 Å². The zero-order chi connectivity index (χ0) is 24.9. The Balaban J connectivity index is 1.23. The first-order chi connectivity index (χ1) is 17.6. The molecule has 2 atom stereocenters. The van der Waals surface area contributed by atoms with Crippen molar-refractivity contribution in [2.75, 3.05) is 57.6 Å². The summed E-state index contributed by atoms with van der Waals surface area (Å²) in [7, 11) is 0. The van der Waals surface area contributed by atoms with Crippen molar-refractivity contribution in [2.45, 2.75) is 25.0 Å². The van der Waals surface area contributed by atoms with Gasteiger partial charge in [-0.2, -0.15) is 0 Å². The van der Waals surface area contributed by atoms with Crippen LogP contribution in [0.1, 0.15) is 24.4 Å². The Bertz CT molecular complexity index is 1070. The highest BCUT2D eigenvalue weighted by molar-refractivity contribution is 6.35. The van der Waals surface area contributed by atoms with Crippen LogP contribution in [-0.2, 0) is 14.3 Å². The maximum absolute atomic E-state index is 13.3. The number of hydrogen-bond acceptors (Lipinski definition) is 7. The van der Waals surface area contributed by atoms with Crippen LogP contribution in [-0.4, -0.2) is 75.5 Å². The Morgan fingerprint density at radius 2 is 1.72 bits per heavy atom. The number of hydrogen-bond donors (Lipinski definition) is 2. The number of ether oxygens (including phenoxy) is 3. The quantitative estimate of drug-likeness (QED) is 0.563. The third-order valence-electron chi connectivity index (χ3n) is 6.90. The molecule has 0 saturated carbocycles. The average Bonchev–Trinajstić information content (AvgIpc) is 3.60. The standard InChI is InChI=1S/C26H31FN4O5/c27-19-4-6-20(7-5-19)30-9-11-31(12-10-30)22(18-3-8-23-24(14-18)36-17-35-23)16-29-26(33)25(32)28-15-21-2-1-13-34-21/h3-8,14,21-22H,1-2,9-13,15-17H2,(H,28,32)(H,29,33). The first-order valence-corrected chi connectivity index (χ1v) is 12.4. The fourth-order valence-corrected chi connectivity index (χ4v) is 4.88. The monoisotopic (exact) mass is 498 g/mol. The van der Waals surface area contributed by atoms with Crippen molar-refractivity contribution in [3.05, 3.63) is 53.8 Å². The van der Waals surface area contributed by atoms with Gasteiger partial charge in [-0.25, -0.2) is 4.39 Å². The van der Waals surface area contributed by atoms with E-state index in [4.69, 9.17) is 14.2 Å². The van der Waals surface area contributed by atoms with Crippen LogP contribution >= 0.6 is 0 Å². The number of halogens is 1. The normalized spacial score (nSPS) is 20.2. The molecule has 2 fully saturated rings. The first kappa shape index (κ1) is 24.3. The number of benzene rings is 2. The second kappa shape index (κ2) is 11.1. The van der Waals surface area contributed by atoms with Gasteiger partial charge in [-0.1, -0.05) is 6.07 Å². The molecule has 9 nitrogen and oxygen atoms in total. The van der Waals surface area contributed by atoms with Gasteiger partial charge in [0.05, 0.1) is 12.1 Å². The van der Waals surface area contributed by atoms with Crippen LogP contribution in [0.25, 0.3) is 0 Å². The number of carbonyl (C=O) groups is 2. The van der Waals surface area contributed by atoms with E-state index in [2.05, 4.69) is 20.4 Å². The van der Waals surface area contributed by atoms with Crippen molar-refractivity contribution in [1.82, 2.24) is 15.5 Å². The zero-order valence-electron chi connectivity index (χ0n) is 20.1. The topological polar surface area (TPSA) is 92.4 Å². The highest BCUT2D eigenvalue weighted by Crippen LogP contribution is 2.35. The maximum atomic E-state index is 13.3. The van der Waals surface area contributed by atoms with E-state index < -0.39 is 11.8 Å². The zero-order valence-corrected chi connectivity index (χ0v) is 20.1. The third-order valence-corrected chi connectivity index (χ3v) is 6.90. The number of nitrogens with one attached hydrogen (secondary N) is 2. The van der Waals surface area contributed by atoms with Crippen molar-refractivity contribution < 1.29 is 28.2 Å². The number of nitrogens with zero attached hydrogens (tertiary/aromatic N) is 2. The lowest BCUT2D eigenvalue weighted by molar-refractivity contribution is -0.139. The van der Waals surface area contributed by atoms with Crippen LogP contribution in [0.3, 0.4) is 0 Å². The van der Waals surface area contributed by atoms with E-state index in [0.29, 0.717) is 24.7 Å². The molecule has 0 aromatic heterocycles. The lowest BCUT2D eigenvalue weighted by Gasteiger charge is -2.40. The van der Waals surface area contributed by atoms with Gasteiger partial charge in [-0.15, -0.1) is 0 Å². The molecule has 10 heteroatoms. The van der Waals surface area contributed by atoms with Gasteiger partial charge in [0, 0.05) is 51.6 Å². The van der Waals surface area contributed by atoms with Crippen molar-refractivity contribution >= 4 is 17.5 Å². The minimum absolute atomic E-state index is 0.0273. The molecule has 2 N–H and O–H groups in total. The molecule has 2 saturated heterocycles. The van der Waals surface area contributed by atoms with Gasteiger partial charge in [0.25, 0.3) is 0 Å². The van der Waals surface area contributed by atoms with E-state index in [1.165, 1.54) is 12.1 Å². The molecule has 5 rings (SSSR count). The fraction of sp³-hybridized carbons (Fsp3) is 0.462. The number of fused-ring (bicyclic) bond motifs is 1. The van der Waals surface area contributed by atoms with Crippen molar-refractivity contribution in [2.24, 2.45) is 0 Å². The summed E-state index contributed by atoms with van der Waals surface area (Å²) in [5, 5.41) is 5.48. The van der Waals surface area contributed by atoms with Gasteiger partial charge >= 0.3 is 11.8 Å². The summed E-state index contributed by atoms with van der Waals surface area (Å²) >= 11 is 0. The van der Waals surface area contributed by atoms with Crippen molar-refractivity contribution in [3.63, 3.8) is 0 Å². The average molecular weight is 499 g/mol. The van der Waals surface area contributed by atoms with Gasteiger partial charge in [0.15, 0.2) is 11.5 Å². The summed E-state index contributed by atoms with van der Waals surface area (Å²) in [5.41, 5.74) is 1.95. The molecule has 36 heavy (non-hydrogen) atoms. The molecular weight excluding hydrogens is 467 g/mol. The van der Waals surface area contributed by atoms with E-state index in [0.717, 1.165) is 50.3 Å². The summed E-state index contributed by atoms with van der Waals surface area (Å²) < 4.78 is 29.8. The van der Waals surface area contributed by atoms with Gasteiger partial charge in [0.1, 0.15) is 5.82 Å². The molecule has 0 radical (unpaired) electrons. The third kappa shape index (κ3) is 5.71. The lowest BCUT2D eigenvalue weighted by atomic mass is 10.0. The minimum atomic E-state index is -0.663. The minimum Gasteiger partial charge on any atom is -0.454 e. The number of rotatable bonds is 7. The molecule has 3 aliphatic heterocycles. The summed E-state index contributed by atoms with van der Waals surface area (Å²) in [5.74, 6) is -0.213. The SMILES string of the molecule is O=C(NCC1CCCO1)C(=O)NCC(c1ccc2c(c1)OCO2)N1CCN(c2ccc(F)cc2)CC1. The largest absolute Gasteiger partial charge is 0.454 e. The molecule has 2 aromatic rings. The van der Waals surface area contributed by atoms with Crippen LogP contribution in [0.5, 0.6) is 11.5 Å². The van der Waals surface area contributed by atoms with E-state index in [1.807, 2.05) is 18.2 Å². The van der Waals surface area contributed by atoms with Gasteiger partial charge in [-0.05, 0) is 54.8 Å². The van der Waals surface area contributed by atoms with Crippen molar-refractivity contribution in [1.29, 1.82) is 0 Å². The number of amides is 2. The first-order valence-electron chi connectivity index (χ1n) is 12.4. The number of piperazine rings is 1. The van der Waals surface area contributed by atoms with E-state index in [9.17, 15) is 14.0 Å². The van der Waals surface area contributed by atoms with Crippen LogP contribution < -0.4 is 25.0 Å². The summed E-state index contributed by atoms with van der Waals surface area (Å²) in [6.45, 7) is 4.45. The predicted molar refractivity (Wildman–Crippen MR) is 130 cm³/mol. The van der Waals surface area contributed by atoms with E-state index >= 15 is 0 Å². The lowest BCUT2D eigenvalue weighted by Crippen LogP contribution is -2.51. The predicted octanol–water partition coefficient (Wildman–Crippen LogP) is 1.83. The summed E-state index contributed by atoms with van der Waals surface area (Å²) in [4.78, 5) is 29.4. The van der Waals surface area contributed by atoms with Crippen LogP contribution in [0, 0.1) is 5.82 Å². The highest BCUT2D eigenvalue weighted by atomic mass is 19.1. The van der Waals surface area contributed by atoms with Gasteiger partial charge < -0.3 is 29.7 Å². The molecule has 0 aliphatic carbocycles. The Labute approximate surface area is 209 Å². The fourth-order valence-electron chi connectivity index (χ4n) is 4.88. The molecular formula is C26H31FN4O5. The molecule has 2 unspecified atom stereocenters. The maximum Gasteiger partial charge on any atom is 0.309 e. The van der Waals surface area contributed by atoms with Crippen LogP contribution in [0.4, 0.5) is 10.1 Å². The molecule has 192 valence electrons. The Kier molecular flexibility index (Phi) is 7.52. The van der Waals surface area contributed by atoms with E-state index in [1.54, 1.807) is 12.1 Å². The Hall–Kier alpha value is -3.37. The highest BCUT2D eigenvalue weighted by Gasteiger charge is 2.28. The van der Waals surface area contributed by atoms with Gasteiger partial charge in [-0.3, -0.25) is 14.5 Å². The summed E-state index contributed by atoms with van der Waals surface area (Å²) in [6.07, 6.45) is 1.83. The van der Waals surface area contributed by atoms with Crippen molar-refractivity contribution in [3.8, 4) is 11.5 Å². The molecule has 0 bridgehead atoms. The molecule has 0 spiro atoms. The summed E-state index contributed by atoms with van der Waals surface area (Å²) in [6, 6.07) is 12.1. The second-order valence-electron chi connectivity index (χ2n) is 9.18. The smallest absolute Gasteiger partial charge is 0.309 e. The second-order valence-corrected chi connectivity index (χ2v) is 9.18. The van der Waals surface area contributed by atoms with Crippen LogP contribution in [0.15, 0.2) is 42.5 Å². The Morgan fingerprint density at radius 1 is 0.972 bits per heavy atom.